The van der Waals surface area contributed by atoms with E-state index in [0.29, 0.717) is 36.0 Å². The molecule has 0 fully saturated rings. The summed E-state index contributed by atoms with van der Waals surface area (Å²) < 4.78 is 27.1. The van der Waals surface area contributed by atoms with E-state index in [9.17, 15) is 13.6 Å². The SMILES string of the molecule is O=C(CCN(CCc1ccccc1)c1nc(-c2ccc(F)cc2)nc2ccccc12)Nc1cccc(F)c1. The van der Waals surface area contributed by atoms with Gasteiger partial charge in [0.1, 0.15) is 17.5 Å². The third-order valence-corrected chi connectivity index (χ3v) is 6.22. The van der Waals surface area contributed by atoms with Gasteiger partial charge in [-0.05, 0) is 66.6 Å². The lowest BCUT2D eigenvalue weighted by Crippen LogP contribution is -2.31. The van der Waals surface area contributed by atoms with Crippen LogP contribution in [0.1, 0.15) is 12.0 Å². The van der Waals surface area contributed by atoms with Crippen molar-refractivity contribution in [1.29, 1.82) is 0 Å². The molecule has 7 heteroatoms. The van der Waals surface area contributed by atoms with E-state index in [1.54, 1.807) is 24.3 Å². The average Bonchev–Trinajstić information content (AvgIpc) is 2.93. The highest BCUT2D eigenvalue weighted by atomic mass is 19.1. The summed E-state index contributed by atoms with van der Waals surface area (Å²) in [5.74, 6) is 0.214. The smallest absolute Gasteiger partial charge is 0.226 e. The first-order valence-electron chi connectivity index (χ1n) is 12.4. The molecule has 0 aliphatic carbocycles. The maximum Gasteiger partial charge on any atom is 0.226 e. The molecule has 1 heterocycles. The second-order valence-corrected chi connectivity index (χ2v) is 8.93. The monoisotopic (exact) mass is 508 g/mol. The lowest BCUT2D eigenvalue weighted by molar-refractivity contribution is -0.116. The molecule has 0 bridgehead atoms. The topological polar surface area (TPSA) is 58.1 Å². The van der Waals surface area contributed by atoms with Gasteiger partial charge in [0.15, 0.2) is 5.82 Å². The minimum Gasteiger partial charge on any atom is -0.355 e. The van der Waals surface area contributed by atoms with Gasteiger partial charge in [-0.2, -0.15) is 0 Å². The lowest BCUT2D eigenvalue weighted by atomic mass is 10.1. The molecule has 5 aromatic rings. The van der Waals surface area contributed by atoms with Crippen molar-refractivity contribution in [1.82, 2.24) is 9.97 Å². The van der Waals surface area contributed by atoms with E-state index in [2.05, 4.69) is 22.3 Å². The van der Waals surface area contributed by atoms with Gasteiger partial charge >= 0.3 is 0 Å². The Morgan fingerprint density at radius 1 is 0.763 bits per heavy atom. The number of benzene rings is 4. The molecule has 5 nitrogen and oxygen atoms in total. The number of para-hydroxylation sites is 1. The van der Waals surface area contributed by atoms with Gasteiger partial charge in [-0.3, -0.25) is 4.79 Å². The zero-order chi connectivity index (χ0) is 26.3. The Hall–Kier alpha value is -4.65. The van der Waals surface area contributed by atoms with Crippen molar-refractivity contribution >= 4 is 28.3 Å². The van der Waals surface area contributed by atoms with E-state index >= 15 is 0 Å². The van der Waals surface area contributed by atoms with Gasteiger partial charge in [0, 0.05) is 36.1 Å². The number of nitrogens with zero attached hydrogens (tertiary/aromatic N) is 3. The second-order valence-electron chi connectivity index (χ2n) is 8.93. The average molecular weight is 509 g/mol. The number of hydrogen-bond donors (Lipinski definition) is 1. The van der Waals surface area contributed by atoms with E-state index in [-0.39, 0.29) is 18.1 Å². The first kappa shape index (κ1) is 25.0. The van der Waals surface area contributed by atoms with Crippen molar-refractivity contribution in [2.24, 2.45) is 0 Å². The van der Waals surface area contributed by atoms with Crippen LogP contribution in [0.25, 0.3) is 22.3 Å². The highest BCUT2D eigenvalue weighted by Crippen LogP contribution is 2.28. The molecule has 0 atom stereocenters. The van der Waals surface area contributed by atoms with Crippen LogP contribution >= 0.6 is 0 Å². The summed E-state index contributed by atoms with van der Waals surface area (Å²) in [7, 11) is 0. The van der Waals surface area contributed by atoms with Crippen molar-refractivity contribution in [2.75, 3.05) is 23.3 Å². The zero-order valence-corrected chi connectivity index (χ0v) is 20.6. The number of nitrogens with one attached hydrogen (secondary N) is 1. The predicted octanol–water partition coefficient (Wildman–Crippen LogP) is 6.65. The molecule has 0 aliphatic rings. The Morgan fingerprint density at radius 3 is 2.32 bits per heavy atom. The molecule has 0 unspecified atom stereocenters. The zero-order valence-electron chi connectivity index (χ0n) is 20.6. The van der Waals surface area contributed by atoms with Crippen molar-refractivity contribution in [3.05, 3.63) is 120 Å². The van der Waals surface area contributed by atoms with E-state index in [1.807, 2.05) is 42.5 Å². The number of fused-ring (bicyclic) bond motifs is 1. The maximum atomic E-state index is 13.6. The van der Waals surface area contributed by atoms with Crippen molar-refractivity contribution in [3.8, 4) is 11.4 Å². The number of amides is 1. The first-order valence-corrected chi connectivity index (χ1v) is 12.4. The molecule has 1 amide bonds. The van der Waals surface area contributed by atoms with E-state index in [1.165, 1.54) is 29.8 Å². The fraction of sp³-hybridized carbons (Fsp3) is 0.129. The van der Waals surface area contributed by atoms with Crippen molar-refractivity contribution in [3.63, 3.8) is 0 Å². The van der Waals surface area contributed by atoms with Gasteiger partial charge in [0.05, 0.1) is 5.52 Å². The van der Waals surface area contributed by atoms with Gasteiger partial charge in [-0.25, -0.2) is 18.7 Å². The van der Waals surface area contributed by atoms with Crippen LogP contribution < -0.4 is 10.2 Å². The van der Waals surface area contributed by atoms with Crippen LogP contribution in [0.3, 0.4) is 0 Å². The highest BCUT2D eigenvalue weighted by molar-refractivity contribution is 5.93. The predicted molar refractivity (Wildman–Crippen MR) is 147 cm³/mol. The van der Waals surface area contributed by atoms with Gasteiger partial charge in [0.25, 0.3) is 0 Å². The Balaban J connectivity index is 1.46. The van der Waals surface area contributed by atoms with E-state index < -0.39 is 5.82 Å². The molecule has 0 saturated carbocycles. The molecular formula is C31H26F2N4O. The quantitative estimate of drug-likeness (QED) is 0.242. The molecule has 5 rings (SSSR count). The highest BCUT2D eigenvalue weighted by Gasteiger charge is 2.17. The number of halogens is 2. The first-order chi connectivity index (χ1) is 18.5. The van der Waals surface area contributed by atoms with Crippen LogP contribution in [0.15, 0.2) is 103 Å². The number of carbonyl (C=O) groups excluding carboxylic acids is 1. The Morgan fingerprint density at radius 2 is 1.53 bits per heavy atom. The van der Waals surface area contributed by atoms with Crippen molar-refractivity contribution < 1.29 is 13.6 Å². The van der Waals surface area contributed by atoms with Crippen LogP contribution in [0.5, 0.6) is 0 Å². The number of hydrogen-bond acceptors (Lipinski definition) is 4. The fourth-order valence-corrected chi connectivity index (χ4v) is 4.29. The van der Waals surface area contributed by atoms with E-state index in [4.69, 9.17) is 9.97 Å². The third kappa shape index (κ3) is 6.18. The van der Waals surface area contributed by atoms with Crippen LogP contribution in [0, 0.1) is 11.6 Å². The lowest BCUT2D eigenvalue weighted by Gasteiger charge is -2.25. The second kappa shape index (κ2) is 11.6. The summed E-state index contributed by atoms with van der Waals surface area (Å²) in [6.07, 6.45) is 0.923. The third-order valence-electron chi connectivity index (χ3n) is 6.22. The minimum absolute atomic E-state index is 0.176. The molecule has 38 heavy (non-hydrogen) atoms. The van der Waals surface area contributed by atoms with E-state index in [0.717, 1.165) is 17.3 Å². The van der Waals surface area contributed by atoms with Crippen molar-refractivity contribution in [2.45, 2.75) is 12.8 Å². The van der Waals surface area contributed by atoms with Crippen LogP contribution in [-0.2, 0) is 11.2 Å². The molecule has 0 spiro atoms. The molecule has 1 N–H and O–H groups in total. The van der Waals surface area contributed by atoms with Gasteiger partial charge in [-0.15, -0.1) is 0 Å². The van der Waals surface area contributed by atoms with Crippen LogP contribution in [-0.4, -0.2) is 29.0 Å². The van der Waals surface area contributed by atoms with Gasteiger partial charge in [0.2, 0.25) is 5.91 Å². The fourth-order valence-electron chi connectivity index (χ4n) is 4.29. The number of rotatable bonds is 9. The molecule has 190 valence electrons. The molecule has 0 radical (unpaired) electrons. The molecule has 0 aliphatic heterocycles. The number of carbonyl (C=O) groups is 1. The summed E-state index contributed by atoms with van der Waals surface area (Å²) in [6.45, 7) is 0.999. The molecule has 4 aromatic carbocycles. The summed E-state index contributed by atoms with van der Waals surface area (Å²) in [5.41, 5.74) is 3.03. The summed E-state index contributed by atoms with van der Waals surface area (Å²) in [5, 5.41) is 3.63. The van der Waals surface area contributed by atoms with Gasteiger partial charge in [-0.1, -0.05) is 48.5 Å². The molecular weight excluding hydrogens is 482 g/mol. The normalized spacial score (nSPS) is 10.9. The van der Waals surface area contributed by atoms with Crippen LogP contribution in [0.2, 0.25) is 0 Å². The molecule has 1 aromatic heterocycles. The largest absolute Gasteiger partial charge is 0.355 e. The Labute approximate surface area is 219 Å². The standard InChI is InChI=1S/C31H26F2N4O/c32-24-15-13-23(14-16-24)30-35-28-12-5-4-11-27(28)31(36-30)37(19-17-22-7-2-1-3-8-22)20-18-29(38)34-26-10-6-9-25(33)21-26/h1-16,21H,17-20H2,(H,34,38). The maximum absolute atomic E-state index is 13.6. The summed E-state index contributed by atoms with van der Waals surface area (Å²) >= 11 is 0. The summed E-state index contributed by atoms with van der Waals surface area (Å²) in [6, 6.07) is 29.7. The minimum atomic E-state index is -0.409. The molecule has 0 saturated heterocycles. The Kier molecular flexibility index (Phi) is 7.64. The summed E-state index contributed by atoms with van der Waals surface area (Å²) in [4.78, 5) is 24.5. The van der Waals surface area contributed by atoms with Gasteiger partial charge < -0.3 is 10.2 Å². The van der Waals surface area contributed by atoms with Crippen LogP contribution in [0.4, 0.5) is 20.3 Å². The number of anilines is 2. The Bertz CT molecular complexity index is 1540. The number of aromatic nitrogens is 2.